The zero-order chi connectivity index (χ0) is 17.3. The minimum Gasteiger partial charge on any atom is -0.396 e. The van der Waals surface area contributed by atoms with E-state index in [0.29, 0.717) is 6.42 Å². The molecule has 0 radical (unpaired) electrons. The zero-order valence-electron chi connectivity index (χ0n) is 14.1. The van der Waals surface area contributed by atoms with Crippen molar-refractivity contribution in [2.45, 2.75) is 45.6 Å². The highest BCUT2D eigenvalue weighted by atomic mass is 16.3. The minimum atomic E-state index is -0.356. The van der Waals surface area contributed by atoms with Crippen LogP contribution in [0.4, 0.5) is 5.69 Å². The van der Waals surface area contributed by atoms with Crippen LogP contribution in [-0.4, -0.2) is 29.1 Å². The first-order chi connectivity index (χ1) is 10.9. The van der Waals surface area contributed by atoms with Gasteiger partial charge in [0.05, 0.1) is 0 Å². The summed E-state index contributed by atoms with van der Waals surface area (Å²) in [6, 6.07) is 7.23. The highest BCUT2D eigenvalue weighted by Gasteiger charge is 2.26. The maximum Gasteiger partial charge on any atom is 0.244 e. The average molecular weight is 318 g/mol. The van der Waals surface area contributed by atoms with Crippen LogP contribution in [0.2, 0.25) is 0 Å². The van der Waals surface area contributed by atoms with Crippen LogP contribution in [0.1, 0.15) is 45.6 Å². The topological polar surface area (TPSA) is 78.4 Å². The van der Waals surface area contributed by atoms with E-state index in [-0.39, 0.29) is 24.0 Å². The van der Waals surface area contributed by atoms with Gasteiger partial charge in [-0.2, -0.15) is 0 Å². The van der Waals surface area contributed by atoms with Gasteiger partial charge in [0.25, 0.3) is 0 Å². The molecule has 3 N–H and O–H groups in total. The number of aliphatic hydroxyl groups excluding tert-OH is 1. The van der Waals surface area contributed by atoms with Gasteiger partial charge in [0.1, 0.15) is 0 Å². The van der Waals surface area contributed by atoms with Crippen LogP contribution in [0, 0.1) is 0 Å². The molecule has 0 aliphatic rings. The summed E-state index contributed by atoms with van der Waals surface area (Å²) < 4.78 is 0. The van der Waals surface area contributed by atoms with Gasteiger partial charge in [0, 0.05) is 30.8 Å². The summed E-state index contributed by atoms with van der Waals surface area (Å²) in [7, 11) is 0. The monoisotopic (exact) mass is 318 g/mol. The van der Waals surface area contributed by atoms with E-state index in [1.165, 1.54) is 13.0 Å². The van der Waals surface area contributed by atoms with Crippen molar-refractivity contribution in [3.63, 3.8) is 0 Å². The molecule has 5 nitrogen and oxygen atoms in total. The Morgan fingerprint density at radius 3 is 2.26 bits per heavy atom. The van der Waals surface area contributed by atoms with Crippen LogP contribution in [0.25, 0.3) is 6.08 Å². The van der Waals surface area contributed by atoms with E-state index in [9.17, 15) is 14.7 Å². The number of rotatable bonds is 8. The molecule has 1 aromatic carbocycles. The van der Waals surface area contributed by atoms with Crippen LogP contribution < -0.4 is 10.6 Å². The molecule has 0 unspecified atom stereocenters. The fourth-order valence-corrected chi connectivity index (χ4v) is 2.41. The van der Waals surface area contributed by atoms with E-state index >= 15 is 0 Å². The van der Waals surface area contributed by atoms with Crippen LogP contribution >= 0.6 is 0 Å². The molecule has 0 saturated heterocycles. The van der Waals surface area contributed by atoms with Gasteiger partial charge >= 0.3 is 0 Å². The summed E-state index contributed by atoms with van der Waals surface area (Å²) in [6.07, 6.45) is 5.31. The third-order valence-corrected chi connectivity index (χ3v) is 3.99. The minimum absolute atomic E-state index is 0.0519. The molecule has 0 bridgehead atoms. The number of carbonyl (C=O) groups is 2. The SMILES string of the molecule is CCC(CC)(CCO)NC(=O)C=Cc1ccc(NC(C)=O)cc1. The van der Waals surface area contributed by atoms with Gasteiger partial charge in [-0.1, -0.05) is 26.0 Å². The number of anilines is 1. The average Bonchev–Trinajstić information content (AvgIpc) is 2.53. The highest BCUT2D eigenvalue weighted by Crippen LogP contribution is 2.19. The highest BCUT2D eigenvalue weighted by molar-refractivity contribution is 5.92. The Morgan fingerprint density at radius 1 is 1.17 bits per heavy atom. The second-order valence-corrected chi connectivity index (χ2v) is 5.59. The molecule has 0 atom stereocenters. The number of nitrogens with one attached hydrogen (secondary N) is 2. The van der Waals surface area contributed by atoms with Gasteiger partial charge in [-0.25, -0.2) is 0 Å². The van der Waals surface area contributed by atoms with E-state index in [1.807, 2.05) is 26.0 Å². The van der Waals surface area contributed by atoms with Crippen molar-refractivity contribution in [2.24, 2.45) is 0 Å². The summed E-state index contributed by atoms with van der Waals surface area (Å²) in [5.74, 6) is -0.292. The first-order valence-electron chi connectivity index (χ1n) is 7.93. The predicted octanol–water partition coefficient (Wildman–Crippen LogP) is 2.72. The third kappa shape index (κ3) is 6.24. The summed E-state index contributed by atoms with van der Waals surface area (Å²) >= 11 is 0. The van der Waals surface area contributed by atoms with E-state index in [2.05, 4.69) is 10.6 Å². The molecule has 5 heteroatoms. The molecule has 0 fully saturated rings. The number of amides is 2. The van der Waals surface area contributed by atoms with Gasteiger partial charge in [-0.05, 0) is 43.0 Å². The molecular weight excluding hydrogens is 292 g/mol. The Morgan fingerprint density at radius 2 is 1.78 bits per heavy atom. The van der Waals surface area contributed by atoms with Crippen molar-refractivity contribution < 1.29 is 14.7 Å². The second kappa shape index (κ2) is 9.10. The molecule has 0 aliphatic carbocycles. The molecule has 0 aromatic heterocycles. The lowest BCUT2D eigenvalue weighted by atomic mass is 9.89. The Labute approximate surface area is 137 Å². The number of hydrogen-bond acceptors (Lipinski definition) is 3. The number of aliphatic hydroxyl groups is 1. The van der Waals surface area contributed by atoms with Gasteiger partial charge in [-0.3, -0.25) is 9.59 Å². The lowest BCUT2D eigenvalue weighted by molar-refractivity contribution is -0.118. The van der Waals surface area contributed by atoms with Crippen LogP contribution in [-0.2, 0) is 9.59 Å². The smallest absolute Gasteiger partial charge is 0.244 e. The molecule has 0 saturated carbocycles. The summed E-state index contributed by atoms with van der Waals surface area (Å²) in [5, 5.41) is 14.9. The van der Waals surface area contributed by atoms with E-state index in [4.69, 9.17) is 0 Å². The van der Waals surface area contributed by atoms with E-state index < -0.39 is 0 Å². The Bertz CT molecular complexity index is 546. The molecule has 0 spiro atoms. The first kappa shape index (κ1) is 18.9. The maximum atomic E-state index is 12.1. The lowest BCUT2D eigenvalue weighted by Gasteiger charge is -2.31. The summed E-state index contributed by atoms with van der Waals surface area (Å²) in [4.78, 5) is 23.1. The van der Waals surface area contributed by atoms with Crippen molar-refractivity contribution in [3.05, 3.63) is 35.9 Å². The third-order valence-electron chi connectivity index (χ3n) is 3.99. The van der Waals surface area contributed by atoms with Crippen LogP contribution in [0.5, 0.6) is 0 Å². The second-order valence-electron chi connectivity index (χ2n) is 5.59. The molecule has 0 aliphatic heterocycles. The molecule has 1 aromatic rings. The first-order valence-corrected chi connectivity index (χ1v) is 7.93. The quantitative estimate of drug-likeness (QED) is 0.645. The van der Waals surface area contributed by atoms with Crippen molar-refractivity contribution in [3.8, 4) is 0 Å². The summed E-state index contributed by atoms with van der Waals surface area (Å²) in [5.41, 5.74) is 1.24. The normalized spacial score (nSPS) is 11.5. The summed E-state index contributed by atoms with van der Waals surface area (Å²) in [6.45, 7) is 5.52. The van der Waals surface area contributed by atoms with Crippen molar-refractivity contribution in [2.75, 3.05) is 11.9 Å². The standard InChI is InChI=1S/C18H26N2O3/c1-4-18(5-2,12-13-21)20-17(23)11-8-15-6-9-16(10-7-15)19-14(3)22/h6-11,21H,4-5,12-13H2,1-3H3,(H,19,22)(H,20,23). The largest absolute Gasteiger partial charge is 0.396 e. The Hall–Kier alpha value is -2.14. The molecule has 126 valence electrons. The van der Waals surface area contributed by atoms with Gasteiger partial charge < -0.3 is 15.7 Å². The lowest BCUT2D eigenvalue weighted by Crippen LogP contribution is -2.47. The van der Waals surface area contributed by atoms with Gasteiger partial charge in [-0.15, -0.1) is 0 Å². The van der Waals surface area contributed by atoms with Crippen molar-refractivity contribution in [1.82, 2.24) is 5.32 Å². The van der Waals surface area contributed by atoms with Crippen LogP contribution in [0.3, 0.4) is 0 Å². The Balaban J connectivity index is 2.68. The number of carbonyl (C=O) groups excluding carboxylic acids is 2. The predicted molar refractivity (Wildman–Crippen MR) is 92.9 cm³/mol. The van der Waals surface area contributed by atoms with Gasteiger partial charge in [0.15, 0.2) is 0 Å². The van der Waals surface area contributed by atoms with E-state index in [0.717, 1.165) is 24.1 Å². The maximum absolute atomic E-state index is 12.1. The van der Waals surface area contributed by atoms with Crippen molar-refractivity contribution in [1.29, 1.82) is 0 Å². The van der Waals surface area contributed by atoms with Gasteiger partial charge in [0.2, 0.25) is 11.8 Å². The molecule has 1 rings (SSSR count). The van der Waals surface area contributed by atoms with Crippen molar-refractivity contribution >= 4 is 23.6 Å². The number of benzene rings is 1. The zero-order valence-corrected chi connectivity index (χ0v) is 14.1. The van der Waals surface area contributed by atoms with Crippen LogP contribution in [0.15, 0.2) is 30.3 Å². The Kier molecular flexibility index (Phi) is 7.48. The fourth-order valence-electron chi connectivity index (χ4n) is 2.41. The number of hydrogen-bond donors (Lipinski definition) is 3. The molecular formula is C18H26N2O3. The fraction of sp³-hybridized carbons (Fsp3) is 0.444. The molecule has 23 heavy (non-hydrogen) atoms. The van der Waals surface area contributed by atoms with E-state index in [1.54, 1.807) is 18.2 Å². The molecule has 2 amide bonds. The molecule has 0 heterocycles.